The number of aromatic nitrogens is 1. The quantitative estimate of drug-likeness (QED) is 0.776. The zero-order chi connectivity index (χ0) is 12.4. The molecular formula is C12H13N3O2. The summed E-state index contributed by atoms with van der Waals surface area (Å²) in [5, 5.41) is 6.32. The minimum absolute atomic E-state index is 0.256. The summed E-state index contributed by atoms with van der Waals surface area (Å²) in [6, 6.07) is 6.84. The molecule has 1 amide bonds. The first kappa shape index (κ1) is 11.2. The van der Waals surface area contributed by atoms with Crippen LogP contribution in [-0.2, 0) is 0 Å². The molecule has 88 valence electrons. The molecule has 1 heterocycles. The number of nitrogens with two attached hydrogens (primary N) is 1. The number of rotatable bonds is 2. The highest BCUT2D eigenvalue weighted by molar-refractivity contribution is 6.04. The van der Waals surface area contributed by atoms with Gasteiger partial charge in [-0.1, -0.05) is 5.16 Å². The number of carbonyl (C=O) groups excluding carboxylic acids is 1. The molecule has 0 aliphatic rings. The number of anilines is 2. The fraction of sp³-hybridized carbons (Fsp3) is 0.167. The van der Waals surface area contributed by atoms with Crippen molar-refractivity contribution in [1.82, 2.24) is 5.16 Å². The summed E-state index contributed by atoms with van der Waals surface area (Å²) >= 11 is 0. The first-order chi connectivity index (χ1) is 8.04. The van der Waals surface area contributed by atoms with E-state index in [0.717, 1.165) is 5.56 Å². The third kappa shape index (κ3) is 2.63. The van der Waals surface area contributed by atoms with Crippen LogP contribution in [0.25, 0.3) is 0 Å². The average Bonchev–Trinajstić information content (AvgIpc) is 2.62. The van der Waals surface area contributed by atoms with Gasteiger partial charge in [-0.05, 0) is 37.6 Å². The first-order valence-electron chi connectivity index (χ1n) is 5.16. The molecule has 0 saturated heterocycles. The Balaban J connectivity index is 2.19. The number of carbonyl (C=O) groups is 1. The molecule has 0 saturated carbocycles. The fourth-order valence-corrected chi connectivity index (χ4v) is 1.56. The molecule has 1 aromatic carbocycles. The molecule has 0 aliphatic heterocycles. The zero-order valence-corrected chi connectivity index (χ0v) is 9.65. The molecule has 0 unspecified atom stereocenters. The monoisotopic (exact) mass is 231 g/mol. The van der Waals surface area contributed by atoms with Crippen LogP contribution in [0.2, 0.25) is 0 Å². The van der Waals surface area contributed by atoms with Crippen LogP contribution in [0, 0.1) is 13.8 Å². The molecule has 1 aromatic heterocycles. The van der Waals surface area contributed by atoms with Crippen LogP contribution in [0.4, 0.5) is 11.5 Å². The van der Waals surface area contributed by atoms with Crippen molar-refractivity contribution in [3.05, 3.63) is 41.2 Å². The van der Waals surface area contributed by atoms with Gasteiger partial charge in [0.2, 0.25) is 0 Å². The molecule has 0 atom stereocenters. The van der Waals surface area contributed by atoms with E-state index in [9.17, 15) is 4.79 Å². The van der Waals surface area contributed by atoms with Crippen molar-refractivity contribution in [3.63, 3.8) is 0 Å². The molecule has 0 spiro atoms. The Morgan fingerprint density at radius 1 is 1.29 bits per heavy atom. The predicted octanol–water partition coefficient (Wildman–Crippen LogP) is 2.13. The van der Waals surface area contributed by atoms with Crippen LogP contribution in [0.3, 0.4) is 0 Å². The van der Waals surface area contributed by atoms with Gasteiger partial charge in [0.05, 0.1) is 0 Å². The van der Waals surface area contributed by atoms with E-state index in [2.05, 4.69) is 10.5 Å². The van der Waals surface area contributed by atoms with Gasteiger partial charge in [-0.15, -0.1) is 0 Å². The molecule has 3 N–H and O–H groups in total. The fourth-order valence-electron chi connectivity index (χ4n) is 1.56. The Kier molecular flexibility index (Phi) is 2.82. The molecule has 2 aromatic rings. The highest BCUT2D eigenvalue weighted by Gasteiger charge is 2.09. The maximum atomic E-state index is 11.9. The van der Waals surface area contributed by atoms with E-state index in [-0.39, 0.29) is 5.91 Å². The smallest absolute Gasteiger partial charge is 0.256 e. The lowest BCUT2D eigenvalue weighted by molar-refractivity contribution is 0.102. The summed E-state index contributed by atoms with van der Waals surface area (Å²) in [4.78, 5) is 11.9. The van der Waals surface area contributed by atoms with Gasteiger partial charge in [-0.3, -0.25) is 4.79 Å². The molecule has 0 fully saturated rings. The summed E-state index contributed by atoms with van der Waals surface area (Å²) in [5.74, 6) is 0.783. The number of benzene rings is 1. The lowest BCUT2D eigenvalue weighted by Crippen LogP contribution is -2.12. The van der Waals surface area contributed by atoms with Gasteiger partial charge in [0.25, 0.3) is 5.91 Å². The van der Waals surface area contributed by atoms with Crippen LogP contribution in [0.5, 0.6) is 0 Å². The summed E-state index contributed by atoms with van der Waals surface area (Å²) in [7, 11) is 0. The van der Waals surface area contributed by atoms with E-state index in [1.807, 2.05) is 6.92 Å². The summed E-state index contributed by atoms with van der Waals surface area (Å²) in [6.45, 7) is 3.64. The third-order valence-electron chi connectivity index (χ3n) is 2.23. The van der Waals surface area contributed by atoms with E-state index in [1.165, 1.54) is 0 Å². The van der Waals surface area contributed by atoms with Crippen molar-refractivity contribution in [2.75, 3.05) is 11.1 Å². The number of nitrogens with zero attached hydrogens (tertiary/aromatic N) is 1. The summed E-state index contributed by atoms with van der Waals surface area (Å²) in [5.41, 5.74) is 7.68. The Labute approximate surface area is 98.6 Å². The maximum Gasteiger partial charge on any atom is 0.256 e. The summed E-state index contributed by atoms with van der Waals surface area (Å²) in [6.07, 6.45) is 0. The van der Waals surface area contributed by atoms with E-state index < -0.39 is 0 Å². The second-order valence-corrected chi connectivity index (χ2v) is 3.91. The summed E-state index contributed by atoms with van der Waals surface area (Å²) < 4.78 is 4.86. The number of nitrogen functional groups attached to an aromatic ring is 1. The van der Waals surface area contributed by atoms with E-state index in [0.29, 0.717) is 22.8 Å². The molecule has 0 bridgehead atoms. The molecule has 5 heteroatoms. The van der Waals surface area contributed by atoms with Crippen molar-refractivity contribution >= 4 is 17.4 Å². The lowest BCUT2D eigenvalue weighted by atomic mass is 10.1. The van der Waals surface area contributed by atoms with Crippen molar-refractivity contribution < 1.29 is 9.32 Å². The molecule has 2 rings (SSSR count). The van der Waals surface area contributed by atoms with E-state index in [1.54, 1.807) is 31.2 Å². The Hall–Kier alpha value is -2.30. The molecular weight excluding hydrogens is 218 g/mol. The predicted molar refractivity (Wildman–Crippen MR) is 64.8 cm³/mol. The van der Waals surface area contributed by atoms with Crippen molar-refractivity contribution in [3.8, 4) is 0 Å². The number of amides is 1. The Morgan fingerprint density at radius 2 is 2.06 bits per heavy atom. The standard InChI is InChI=1S/C12H13N3O2/c1-7-3-9(6-10(13)4-7)12(16)14-11-5-8(2)17-15-11/h3-6H,13H2,1-2H3,(H,14,15,16). The first-order valence-corrected chi connectivity index (χ1v) is 5.16. The molecule has 0 radical (unpaired) electrons. The molecule has 0 aliphatic carbocycles. The van der Waals surface area contributed by atoms with Gasteiger partial charge in [0, 0.05) is 17.3 Å². The van der Waals surface area contributed by atoms with Crippen molar-refractivity contribution in [2.24, 2.45) is 0 Å². The van der Waals surface area contributed by atoms with Gasteiger partial charge in [0.15, 0.2) is 5.82 Å². The second kappa shape index (κ2) is 4.29. The highest BCUT2D eigenvalue weighted by atomic mass is 16.5. The van der Waals surface area contributed by atoms with Gasteiger partial charge >= 0.3 is 0 Å². The topological polar surface area (TPSA) is 81.2 Å². The van der Waals surface area contributed by atoms with Crippen LogP contribution in [0.15, 0.2) is 28.8 Å². The number of nitrogens with one attached hydrogen (secondary N) is 1. The number of aryl methyl sites for hydroxylation is 2. The Bertz CT molecular complexity index is 540. The van der Waals surface area contributed by atoms with Crippen molar-refractivity contribution in [2.45, 2.75) is 13.8 Å². The Morgan fingerprint density at radius 3 is 2.65 bits per heavy atom. The van der Waals surface area contributed by atoms with Gasteiger partial charge < -0.3 is 15.6 Å². The van der Waals surface area contributed by atoms with Crippen LogP contribution >= 0.6 is 0 Å². The molecule has 5 nitrogen and oxygen atoms in total. The highest BCUT2D eigenvalue weighted by Crippen LogP contribution is 2.14. The van der Waals surface area contributed by atoms with E-state index in [4.69, 9.17) is 10.3 Å². The van der Waals surface area contributed by atoms with Crippen LogP contribution < -0.4 is 11.1 Å². The number of hydrogen-bond acceptors (Lipinski definition) is 4. The van der Waals surface area contributed by atoms with Gasteiger partial charge in [-0.25, -0.2) is 0 Å². The average molecular weight is 231 g/mol. The zero-order valence-electron chi connectivity index (χ0n) is 9.65. The lowest BCUT2D eigenvalue weighted by Gasteiger charge is -2.04. The van der Waals surface area contributed by atoms with Gasteiger partial charge in [0.1, 0.15) is 5.76 Å². The minimum Gasteiger partial charge on any atom is -0.399 e. The number of hydrogen-bond donors (Lipinski definition) is 2. The van der Waals surface area contributed by atoms with Crippen molar-refractivity contribution in [1.29, 1.82) is 0 Å². The van der Waals surface area contributed by atoms with E-state index >= 15 is 0 Å². The SMILES string of the molecule is Cc1cc(N)cc(C(=O)Nc2cc(C)on2)c1. The third-order valence-corrected chi connectivity index (χ3v) is 2.23. The van der Waals surface area contributed by atoms with Gasteiger partial charge in [-0.2, -0.15) is 0 Å². The normalized spacial score (nSPS) is 10.2. The molecule has 17 heavy (non-hydrogen) atoms. The minimum atomic E-state index is -0.256. The largest absolute Gasteiger partial charge is 0.399 e. The maximum absolute atomic E-state index is 11.9. The second-order valence-electron chi connectivity index (χ2n) is 3.91. The van der Waals surface area contributed by atoms with Crippen LogP contribution in [0.1, 0.15) is 21.7 Å². The van der Waals surface area contributed by atoms with Crippen LogP contribution in [-0.4, -0.2) is 11.1 Å².